The van der Waals surface area contributed by atoms with Crippen molar-refractivity contribution in [1.29, 1.82) is 0 Å². The van der Waals surface area contributed by atoms with E-state index in [-0.39, 0.29) is 24.3 Å². The maximum atomic E-state index is 14.6. The predicted octanol–water partition coefficient (Wildman–Crippen LogP) is 4.75. The molecule has 2 heterocycles. The Morgan fingerprint density at radius 2 is 1.76 bits per heavy atom. The van der Waals surface area contributed by atoms with Crippen LogP contribution in [0.2, 0.25) is 0 Å². The summed E-state index contributed by atoms with van der Waals surface area (Å²) < 4.78 is 0. The predicted molar refractivity (Wildman–Crippen MR) is 191 cm³/mol. The third-order valence-corrected chi connectivity index (χ3v) is 12.1. The van der Waals surface area contributed by atoms with Gasteiger partial charge < -0.3 is 26.6 Å². The molecule has 3 aliphatic rings. The van der Waals surface area contributed by atoms with E-state index in [1.54, 1.807) is 22.9 Å². The van der Waals surface area contributed by atoms with E-state index in [9.17, 15) is 24.0 Å². The molecular weight excluding hydrogens is 641 g/mol. The molecule has 2 aliphatic carbocycles. The van der Waals surface area contributed by atoms with Crippen LogP contribution < -0.4 is 21.7 Å². The zero-order valence-electron chi connectivity index (χ0n) is 29.9. The van der Waals surface area contributed by atoms with Crippen molar-refractivity contribution in [3.8, 4) is 0 Å². The highest BCUT2D eigenvalue weighted by Gasteiger charge is 2.49. The lowest BCUT2D eigenvalue weighted by Gasteiger charge is -2.40. The smallest absolute Gasteiger partial charge is 0.315 e. The van der Waals surface area contributed by atoms with Gasteiger partial charge in [-0.3, -0.25) is 19.2 Å². The summed E-state index contributed by atoms with van der Waals surface area (Å²) in [5, 5.41) is 9.97. The fourth-order valence-corrected chi connectivity index (χ4v) is 8.26. The van der Waals surface area contributed by atoms with Crippen molar-refractivity contribution in [1.82, 2.24) is 25.8 Å². The maximum absolute atomic E-state index is 14.6. The number of nitrogens with one attached hydrogen (secondary N) is 3. The minimum absolute atomic E-state index is 0.106. The lowest BCUT2D eigenvalue weighted by atomic mass is 9.77. The van der Waals surface area contributed by atoms with E-state index in [0.29, 0.717) is 18.6 Å². The molecule has 49 heavy (non-hydrogen) atoms. The highest BCUT2D eigenvalue weighted by Crippen LogP contribution is 2.40. The van der Waals surface area contributed by atoms with Gasteiger partial charge in [0.15, 0.2) is 0 Å². The first-order valence-electron chi connectivity index (χ1n) is 17.8. The number of thioether (sulfide) groups is 1. The third-order valence-electron chi connectivity index (χ3n) is 10.8. The van der Waals surface area contributed by atoms with Gasteiger partial charge in [0.2, 0.25) is 17.6 Å². The van der Waals surface area contributed by atoms with Crippen molar-refractivity contribution in [2.75, 3.05) is 12.3 Å². The van der Waals surface area contributed by atoms with Gasteiger partial charge >= 0.3 is 6.03 Å². The number of aromatic nitrogens is 1. The number of amides is 5. The van der Waals surface area contributed by atoms with Gasteiger partial charge in [0, 0.05) is 18.5 Å². The SMILES string of the molecule is C=CC(C)(C)[C@@H]1C[C@@H](C(=O)NC(CC2CCC2)C(=O)C(N)=O)N(C(=O)[C@@H](NC(=O)NC2(CSc3ccccn3)CCCCC2)C(C)(C)C)C1. The van der Waals surface area contributed by atoms with Crippen LogP contribution >= 0.6 is 11.8 Å². The molecule has 270 valence electrons. The first-order valence-corrected chi connectivity index (χ1v) is 18.7. The second kappa shape index (κ2) is 16.1. The molecule has 1 unspecified atom stereocenters. The van der Waals surface area contributed by atoms with Crippen LogP contribution in [0.4, 0.5) is 4.79 Å². The monoisotopic (exact) mass is 696 g/mol. The minimum Gasteiger partial charge on any atom is -0.363 e. The van der Waals surface area contributed by atoms with Gasteiger partial charge in [-0.2, -0.15) is 0 Å². The fraction of sp³-hybridized carbons (Fsp3) is 0.676. The molecule has 5 N–H and O–H groups in total. The number of ketones is 1. The summed E-state index contributed by atoms with van der Waals surface area (Å²) in [7, 11) is 0. The number of pyridine rings is 1. The van der Waals surface area contributed by atoms with Crippen LogP contribution in [0, 0.1) is 22.7 Å². The van der Waals surface area contributed by atoms with E-state index in [4.69, 9.17) is 5.73 Å². The molecule has 1 aromatic rings. The zero-order chi connectivity index (χ0) is 36.0. The number of likely N-dealkylation sites (tertiary alicyclic amines) is 1. The molecule has 11 nitrogen and oxygen atoms in total. The zero-order valence-corrected chi connectivity index (χ0v) is 30.7. The summed E-state index contributed by atoms with van der Waals surface area (Å²) in [6, 6.07) is 2.45. The molecule has 5 amide bonds. The Morgan fingerprint density at radius 3 is 2.31 bits per heavy atom. The van der Waals surface area contributed by atoms with Gasteiger partial charge in [0.1, 0.15) is 12.1 Å². The quantitative estimate of drug-likeness (QED) is 0.124. The number of hydrogen-bond donors (Lipinski definition) is 4. The average molecular weight is 697 g/mol. The van der Waals surface area contributed by atoms with Crippen molar-refractivity contribution in [3.05, 3.63) is 37.1 Å². The van der Waals surface area contributed by atoms with Crippen LogP contribution in [0.1, 0.15) is 98.8 Å². The first-order chi connectivity index (χ1) is 23.0. The number of hydrogen-bond acceptors (Lipinski definition) is 7. The van der Waals surface area contributed by atoms with Crippen LogP contribution in [0.3, 0.4) is 0 Å². The van der Waals surface area contributed by atoms with Crippen molar-refractivity contribution in [3.63, 3.8) is 0 Å². The highest BCUT2D eigenvalue weighted by molar-refractivity contribution is 7.99. The van der Waals surface area contributed by atoms with Gasteiger partial charge in [-0.15, -0.1) is 18.3 Å². The lowest BCUT2D eigenvalue weighted by Crippen LogP contribution is -2.62. The Labute approximate surface area is 295 Å². The molecule has 1 aliphatic heterocycles. The number of carbonyl (C=O) groups is 5. The number of Topliss-reactive ketones (excluding diaryl/α,β-unsaturated/α-hetero) is 1. The number of rotatable bonds is 14. The van der Waals surface area contributed by atoms with Gasteiger partial charge in [-0.25, -0.2) is 9.78 Å². The Kier molecular flexibility index (Phi) is 12.6. The van der Waals surface area contributed by atoms with E-state index in [0.717, 1.165) is 56.4 Å². The Morgan fingerprint density at radius 1 is 1.06 bits per heavy atom. The molecule has 0 aromatic carbocycles. The van der Waals surface area contributed by atoms with Crippen molar-refractivity contribution in [2.24, 2.45) is 28.4 Å². The Bertz CT molecular complexity index is 1370. The largest absolute Gasteiger partial charge is 0.363 e. The minimum atomic E-state index is -1.09. The van der Waals surface area contributed by atoms with Crippen LogP contribution in [0.15, 0.2) is 42.1 Å². The average Bonchev–Trinajstić information content (AvgIpc) is 3.50. The standard InChI is InChI=1S/C37H56N6O5S/c1-7-36(5,6)25-21-27(32(46)40-26(29(44)31(38)45)20-24-14-13-15-24)43(22-25)33(47)30(35(2,3)4)41-34(48)42-37(17-10-8-11-18-37)23-49-28-16-9-12-19-39-28/h7,9,12,16,19,24-27,30H,1,8,10-11,13-15,17-18,20-23H2,2-6H3,(H2,38,45)(H,40,46)(H2,41,42,48)/t25-,26?,27+,30-/m1/s1. The van der Waals surface area contributed by atoms with Gasteiger partial charge in [0.05, 0.1) is 16.6 Å². The van der Waals surface area contributed by atoms with Crippen molar-refractivity contribution >= 4 is 41.3 Å². The van der Waals surface area contributed by atoms with Gasteiger partial charge in [-0.1, -0.05) is 85.3 Å². The molecule has 0 bridgehead atoms. The maximum Gasteiger partial charge on any atom is 0.315 e. The molecule has 4 atom stereocenters. The molecule has 1 aromatic heterocycles. The summed E-state index contributed by atoms with van der Waals surface area (Å²) in [5.41, 5.74) is 3.82. The summed E-state index contributed by atoms with van der Waals surface area (Å²) in [6.07, 6.45) is 11.9. The molecular formula is C37H56N6O5S. The topological polar surface area (TPSA) is 164 Å². The normalized spacial score (nSPS) is 22.3. The number of allylic oxidation sites excluding steroid dienone is 1. The van der Waals surface area contributed by atoms with Gasteiger partial charge in [-0.05, 0) is 60.5 Å². The van der Waals surface area contributed by atoms with E-state index in [1.165, 1.54) is 0 Å². The molecule has 4 rings (SSSR count). The van der Waals surface area contributed by atoms with Crippen LogP contribution in [-0.2, 0) is 19.2 Å². The fourth-order valence-electron chi connectivity index (χ4n) is 7.17. The molecule has 1 saturated heterocycles. The number of primary amides is 1. The summed E-state index contributed by atoms with van der Waals surface area (Å²) in [5.74, 6) is -2.02. The summed E-state index contributed by atoms with van der Waals surface area (Å²) in [6.45, 7) is 14.0. The first kappa shape index (κ1) is 38.4. The molecule has 0 radical (unpaired) electrons. The van der Waals surface area contributed by atoms with Crippen molar-refractivity contribution in [2.45, 2.75) is 128 Å². The molecule has 2 saturated carbocycles. The van der Waals surface area contributed by atoms with E-state index in [1.807, 2.05) is 58.9 Å². The van der Waals surface area contributed by atoms with Gasteiger partial charge in [0.25, 0.3) is 5.91 Å². The third kappa shape index (κ3) is 9.86. The van der Waals surface area contributed by atoms with Crippen LogP contribution in [0.25, 0.3) is 0 Å². The van der Waals surface area contributed by atoms with Crippen molar-refractivity contribution < 1.29 is 24.0 Å². The van der Waals surface area contributed by atoms with Crippen LogP contribution in [0.5, 0.6) is 0 Å². The molecule has 0 spiro atoms. The Balaban J connectivity index is 1.55. The van der Waals surface area contributed by atoms with Crippen LogP contribution in [-0.4, -0.2) is 75.4 Å². The lowest BCUT2D eigenvalue weighted by molar-refractivity contribution is -0.143. The summed E-state index contributed by atoms with van der Waals surface area (Å²) in [4.78, 5) is 73.1. The molecule has 3 fully saturated rings. The summed E-state index contributed by atoms with van der Waals surface area (Å²) >= 11 is 1.61. The highest BCUT2D eigenvalue weighted by atomic mass is 32.2. The number of nitrogens with two attached hydrogens (primary N) is 1. The number of carbonyl (C=O) groups excluding carboxylic acids is 5. The second-order valence-electron chi connectivity index (χ2n) is 16.0. The molecule has 12 heteroatoms. The van der Waals surface area contributed by atoms with E-state index >= 15 is 0 Å². The Hall–Kier alpha value is -3.41. The number of nitrogens with zero attached hydrogens (tertiary/aromatic N) is 2. The number of urea groups is 1. The van der Waals surface area contributed by atoms with E-state index < -0.39 is 58.1 Å². The van der Waals surface area contributed by atoms with E-state index in [2.05, 4.69) is 27.5 Å². The second-order valence-corrected chi connectivity index (χ2v) is 17.0.